The molecule has 2 aromatic heterocycles. The van der Waals surface area contributed by atoms with Gasteiger partial charge in [-0.1, -0.05) is 0 Å². The molecule has 2 aliphatic rings. The number of aryl methyl sites for hydroxylation is 2. The average Bonchev–Trinajstić information content (AvgIpc) is 2.88. The van der Waals surface area contributed by atoms with Crippen LogP contribution in [0.1, 0.15) is 36.1 Å². The number of nitrogens with zero attached hydrogens (tertiary/aromatic N) is 3. The Morgan fingerprint density at radius 1 is 1.05 bits per heavy atom. The van der Waals surface area contributed by atoms with E-state index >= 15 is 0 Å². The fourth-order valence-corrected chi connectivity index (χ4v) is 4.36. The van der Waals surface area contributed by atoms with Gasteiger partial charge in [0.05, 0.1) is 5.39 Å². The fourth-order valence-electron chi connectivity index (χ4n) is 3.14. The van der Waals surface area contributed by atoms with E-state index in [9.17, 15) is 0 Å². The highest BCUT2D eigenvalue weighted by Gasteiger charge is 2.20. The van der Waals surface area contributed by atoms with Gasteiger partial charge in [-0.3, -0.25) is 0 Å². The Balaban J connectivity index is 1.84. The lowest BCUT2D eigenvalue weighted by molar-refractivity contribution is 0.671. The van der Waals surface area contributed by atoms with Gasteiger partial charge in [0, 0.05) is 23.7 Å². The van der Waals surface area contributed by atoms with Gasteiger partial charge >= 0.3 is 0 Å². The van der Waals surface area contributed by atoms with Gasteiger partial charge in [0.1, 0.15) is 11.2 Å². The van der Waals surface area contributed by atoms with E-state index in [0.717, 1.165) is 36.6 Å². The van der Waals surface area contributed by atoms with Crippen LogP contribution in [0, 0.1) is 0 Å². The lowest BCUT2D eigenvalue weighted by atomic mass is 9.97. The fraction of sp³-hybridized carbons (Fsp3) is 0.533. The summed E-state index contributed by atoms with van der Waals surface area (Å²) in [4.78, 5) is 16.4. The first kappa shape index (κ1) is 12.4. The van der Waals surface area contributed by atoms with Gasteiger partial charge in [0.15, 0.2) is 5.82 Å². The second-order valence-corrected chi connectivity index (χ2v) is 6.60. The molecule has 0 atom stereocenters. The van der Waals surface area contributed by atoms with Crippen LogP contribution in [0.2, 0.25) is 0 Å². The molecule has 0 spiro atoms. The third-order valence-corrected chi connectivity index (χ3v) is 5.38. The minimum atomic E-state index is 0.909. The Hall–Kier alpha value is -1.33. The number of fused-ring (bicyclic) bond motifs is 3. The Labute approximate surface area is 122 Å². The van der Waals surface area contributed by atoms with Gasteiger partial charge in [0.25, 0.3) is 0 Å². The van der Waals surface area contributed by atoms with E-state index in [4.69, 9.17) is 4.99 Å². The minimum Gasteiger partial charge on any atom is -0.316 e. The van der Waals surface area contributed by atoms with Crippen LogP contribution in [-0.4, -0.2) is 28.8 Å². The number of aliphatic imine (C=N–C) groups is 1. The topological polar surface area (TPSA) is 50.2 Å². The molecule has 1 aliphatic carbocycles. The number of hydrogen-bond donors (Lipinski definition) is 1. The molecule has 0 bridgehead atoms. The van der Waals surface area contributed by atoms with Crippen LogP contribution in [0.3, 0.4) is 0 Å². The minimum absolute atomic E-state index is 0.909. The van der Waals surface area contributed by atoms with Crippen molar-refractivity contribution in [1.29, 1.82) is 0 Å². The summed E-state index contributed by atoms with van der Waals surface area (Å²) >= 11 is 1.84. The maximum atomic E-state index is 4.86. The molecule has 1 aliphatic heterocycles. The van der Waals surface area contributed by atoms with Crippen molar-refractivity contribution in [2.24, 2.45) is 4.99 Å². The summed E-state index contributed by atoms with van der Waals surface area (Å²) in [5.74, 6) is 0.909. The largest absolute Gasteiger partial charge is 0.316 e. The van der Waals surface area contributed by atoms with E-state index in [-0.39, 0.29) is 0 Å². The molecule has 4 rings (SSSR count). The smallest absolute Gasteiger partial charge is 0.164 e. The quantitative estimate of drug-likeness (QED) is 0.876. The first-order valence-electron chi connectivity index (χ1n) is 7.44. The predicted octanol–water partition coefficient (Wildman–Crippen LogP) is 3.03. The van der Waals surface area contributed by atoms with Gasteiger partial charge < -0.3 is 5.32 Å². The van der Waals surface area contributed by atoms with Crippen molar-refractivity contribution in [3.63, 3.8) is 0 Å². The number of nitrogens with one attached hydrogen (secondary N) is 1. The lowest BCUT2D eigenvalue weighted by Crippen LogP contribution is -2.27. The Morgan fingerprint density at radius 2 is 1.90 bits per heavy atom. The Kier molecular flexibility index (Phi) is 3.24. The monoisotopic (exact) mass is 286 g/mol. The van der Waals surface area contributed by atoms with E-state index in [0.29, 0.717) is 0 Å². The van der Waals surface area contributed by atoms with Crippen molar-refractivity contribution in [3.8, 4) is 0 Å². The Bertz CT molecular complexity index is 666. The third-order valence-electron chi connectivity index (χ3n) is 4.18. The lowest BCUT2D eigenvalue weighted by Gasteiger charge is -2.14. The number of piperidine rings is 1. The second-order valence-electron chi connectivity index (χ2n) is 5.52. The maximum Gasteiger partial charge on any atom is 0.164 e. The molecule has 4 nitrogen and oxygen atoms in total. The number of rotatable bonds is 1. The van der Waals surface area contributed by atoms with Crippen LogP contribution in [0.25, 0.3) is 10.2 Å². The summed E-state index contributed by atoms with van der Waals surface area (Å²) in [5, 5.41) is 4.61. The van der Waals surface area contributed by atoms with Crippen LogP contribution in [-0.2, 0) is 12.8 Å². The van der Waals surface area contributed by atoms with E-state index in [1.165, 1.54) is 47.2 Å². The van der Waals surface area contributed by atoms with Crippen LogP contribution in [0.4, 0.5) is 5.82 Å². The standard InChI is InChI=1S/C15H18N4S/c1-2-4-12-11(3-1)13-14(17-9-18-15(13)20-12)19-10-5-7-16-8-6-10/h9,16H,1-8H2. The molecule has 0 unspecified atom stereocenters. The van der Waals surface area contributed by atoms with E-state index in [2.05, 4.69) is 15.3 Å². The van der Waals surface area contributed by atoms with Crippen LogP contribution in [0.5, 0.6) is 0 Å². The summed E-state index contributed by atoms with van der Waals surface area (Å²) in [6.45, 7) is 2.07. The summed E-state index contributed by atoms with van der Waals surface area (Å²) in [6.07, 6.45) is 8.72. The zero-order valence-corrected chi connectivity index (χ0v) is 12.3. The van der Waals surface area contributed by atoms with Crippen molar-refractivity contribution in [2.75, 3.05) is 13.1 Å². The molecule has 1 fully saturated rings. The van der Waals surface area contributed by atoms with E-state index < -0.39 is 0 Å². The summed E-state index contributed by atoms with van der Waals surface area (Å²) in [5.41, 5.74) is 2.75. The SMILES string of the molecule is c1nc(N=C2CCNCC2)c2c3c(sc2n1)CCCC3. The molecule has 5 heteroatoms. The van der Waals surface area contributed by atoms with E-state index in [1.807, 2.05) is 11.3 Å². The van der Waals surface area contributed by atoms with Crippen molar-refractivity contribution in [2.45, 2.75) is 38.5 Å². The number of aromatic nitrogens is 2. The van der Waals surface area contributed by atoms with Crippen LogP contribution >= 0.6 is 11.3 Å². The van der Waals surface area contributed by atoms with Crippen molar-refractivity contribution >= 4 is 33.1 Å². The van der Waals surface area contributed by atoms with Crippen molar-refractivity contribution in [3.05, 3.63) is 16.8 Å². The van der Waals surface area contributed by atoms with Crippen LogP contribution in [0.15, 0.2) is 11.3 Å². The first-order chi connectivity index (χ1) is 9.92. The van der Waals surface area contributed by atoms with Gasteiger partial charge in [-0.25, -0.2) is 15.0 Å². The first-order valence-corrected chi connectivity index (χ1v) is 8.26. The zero-order chi connectivity index (χ0) is 13.4. The molecule has 1 saturated heterocycles. The molecule has 0 radical (unpaired) electrons. The molecule has 0 amide bonds. The molecular weight excluding hydrogens is 268 g/mol. The molecule has 0 saturated carbocycles. The van der Waals surface area contributed by atoms with Gasteiger partial charge in [-0.15, -0.1) is 11.3 Å². The van der Waals surface area contributed by atoms with Gasteiger partial charge in [0.2, 0.25) is 0 Å². The maximum absolute atomic E-state index is 4.86. The molecule has 20 heavy (non-hydrogen) atoms. The summed E-state index contributed by atoms with van der Waals surface area (Å²) in [7, 11) is 0. The van der Waals surface area contributed by atoms with Gasteiger partial charge in [-0.05, 0) is 44.1 Å². The highest BCUT2D eigenvalue weighted by molar-refractivity contribution is 7.18. The average molecular weight is 286 g/mol. The molecule has 1 N–H and O–H groups in total. The molecule has 104 valence electrons. The molecule has 2 aromatic rings. The van der Waals surface area contributed by atoms with E-state index in [1.54, 1.807) is 6.33 Å². The van der Waals surface area contributed by atoms with Crippen molar-refractivity contribution < 1.29 is 0 Å². The normalized spacial score (nSPS) is 19.1. The molecular formula is C15H18N4S. The van der Waals surface area contributed by atoms with Crippen molar-refractivity contribution in [1.82, 2.24) is 15.3 Å². The van der Waals surface area contributed by atoms with Gasteiger partial charge in [-0.2, -0.15) is 0 Å². The Morgan fingerprint density at radius 3 is 2.80 bits per heavy atom. The highest BCUT2D eigenvalue weighted by Crippen LogP contribution is 2.39. The summed E-state index contributed by atoms with van der Waals surface area (Å²) in [6, 6.07) is 0. The number of hydrogen-bond acceptors (Lipinski definition) is 5. The molecule has 0 aromatic carbocycles. The second kappa shape index (κ2) is 5.22. The zero-order valence-electron chi connectivity index (χ0n) is 11.5. The predicted molar refractivity (Wildman–Crippen MR) is 83.3 cm³/mol. The third kappa shape index (κ3) is 2.15. The molecule has 3 heterocycles. The summed E-state index contributed by atoms with van der Waals surface area (Å²) < 4.78 is 0. The highest BCUT2D eigenvalue weighted by atomic mass is 32.1. The number of thiophene rings is 1. The van der Waals surface area contributed by atoms with Crippen LogP contribution < -0.4 is 5.32 Å².